The van der Waals surface area contributed by atoms with Gasteiger partial charge in [-0.05, 0) is 34.5 Å². The third kappa shape index (κ3) is 1.48. The van der Waals surface area contributed by atoms with Crippen molar-refractivity contribution in [2.75, 3.05) is 0 Å². The first-order valence-corrected chi connectivity index (χ1v) is 3.86. The molecule has 1 nitrogen and oxygen atoms in total. The van der Waals surface area contributed by atoms with Gasteiger partial charge in [-0.2, -0.15) is 0 Å². The zero-order valence-electron chi connectivity index (χ0n) is 5.90. The van der Waals surface area contributed by atoms with Crippen molar-refractivity contribution in [1.29, 1.82) is 0 Å². The molecular formula is C8H6BrFO. The van der Waals surface area contributed by atoms with Crippen molar-refractivity contribution in [3.8, 4) is 0 Å². The highest BCUT2D eigenvalue weighted by Gasteiger charge is 2.05. The fourth-order valence-corrected chi connectivity index (χ4v) is 1.22. The fraction of sp³-hybridized carbons (Fsp3) is 0.125. The molecule has 0 aliphatic carbocycles. The van der Waals surface area contributed by atoms with Gasteiger partial charge in [0.05, 0.1) is 4.47 Å². The normalized spacial score (nSPS) is 9.73. The van der Waals surface area contributed by atoms with Gasteiger partial charge >= 0.3 is 0 Å². The molecule has 0 saturated heterocycles. The van der Waals surface area contributed by atoms with Crippen LogP contribution in [0.25, 0.3) is 0 Å². The van der Waals surface area contributed by atoms with E-state index < -0.39 is 0 Å². The first kappa shape index (κ1) is 8.40. The highest BCUT2D eigenvalue weighted by atomic mass is 79.9. The molecule has 0 radical (unpaired) electrons. The predicted molar refractivity (Wildman–Crippen MR) is 44.2 cm³/mol. The van der Waals surface area contributed by atoms with Crippen molar-refractivity contribution >= 4 is 22.2 Å². The third-order valence-electron chi connectivity index (χ3n) is 1.51. The summed E-state index contributed by atoms with van der Waals surface area (Å²) in [5.41, 5.74) is 0.778. The Morgan fingerprint density at radius 1 is 1.55 bits per heavy atom. The molecule has 0 heterocycles. The number of hydrogen-bond donors (Lipinski definition) is 0. The maximum Gasteiger partial charge on any atom is 0.150 e. The standard InChI is InChI=1S/C8H6BrFO/c1-5-6(4-11)2-3-7(9)8(5)10/h2-4H,1H3. The van der Waals surface area contributed by atoms with Crippen LogP contribution in [0.4, 0.5) is 4.39 Å². The van der Waals surface area contributed by atoms with Crippen LogP contribution in [-0.2, 0) is 0 Å². The number of halogens is 2. The van der Waals surface area contributed by atoms with Crippen LogP contribution in [-0.4, -0.2) is 6.29 Å². The van der Waals surface area contributed by atoms with E-state index in [-0.39, 0.29) is 5.82 Å². The molecular weight excluding hydrogens is 211 g/mol. The zero-order chi connectivity index (χ0) is 8.43. The molecule has 0 saturated carbocycles. The van der Waals surface area contributed by atoms with E-state index in [1.165, 1.54) is 6.07 Å². The average Bonchev–Trinajstić information content (AvgIpc) is 2.01. The van der Waals surface area contributed by atoms with Crippen molar-refractivity contribution in [2.24, 2.45) is 0 Å². The SMILES string of the molecule is Cc1c(C=O)ccc(Br)c1F. The lowest BCUT2D eigenvalue weighted by Gasteiger charge is -2.00. The van der Waals surface area contributed by atoms with Gasteiger partial charge in [-0.25, -0.2) is 4.39 Å². The molecule has 58 valence electrons. The Morgan fingerprint density at radius 3 is 2.73 bits per heavy atom. The van der Waals surface area contributed by atoms with Gasteiger partial charge in [0.15, 0.2) is 0 Å². The quantitative estimate of drug-likeness (QED) is 0.661. The van der Waals surface area contributed by atoms with Crippen molar-refractivity contribution in [3.05, 3.63) is 33.5 Å². The Morgan fingerprint density at radius 2 is 2.18 bits per heavy atom. The minimum atomic E-state index is -0.366. The molecule has 3 heteroatoms. The molecule has 0 fully saturated rings. The van der Waals surface area contributed by atoms with E-state index in [1.807, 2.05) is 0 Å². The van der Waals surface area contributed by atoms with Crippen LogP contribution in [0.2, 0.25) is 0 Å². The van der Waals surface area contributed by atoms with Gasteiger partial charge in [-0.15, -0.1) is 0 Å². The minimum absolute atomic E-state index is 0.366. The van der Waals surface area contributed by atoms with Crippen LogP contribution in [0, 0.1) is 12.7 Å². The number of hydrogen-bond acceptors (Lipinski definition) is 1. The van der Waals surface area contributed by atoms with Crippen LogP contribution in [0.5, 0.6) is 0 Å². The molecule has 1 aromatic carbocycles. The molecule has 0 N–H and O–H groups in total. The molecule has 0 aliphatic heterocycles. The van der Waals surface area contributed by atoms with Gasteiger partial charge in [0.1, 0.15) is 12.1 Å². The first-order chi connectivity index (χ1) is 5.16. The topological polar surface area (TPSA) is 17.1 Å². The minimum Gasteiger partial charge on any atom is -0.298 e. The summed E-state index contributed by atoms with van der Waals surface area (Å²) in [5, 5.41) is 0. The second-order valence-corrected chi connectivity index (χ2v) is 3.05. The van der Waals surface area contributed by atoms with Crippen LogP contribution < -0.4 is 0 Å². The van der Waals surface area contributed by atoms with E-state index in [9.17, 15) is 9.18 Å². The number of carbonyl (C=O) groups is 1. The summed E-state index contributed by atoms with van der Waals surface area (Å²) >= 11 is 3.02. The van der Waals surface area contributed by atoms with E-state index in [1.54, 1.807) is 13.0 Å². The summed E-state index contributed by atoms with van der Waals surface area (Å²) < 4.78 is 13.4. The predicted octanol–water partition coefficient (Wildman–Crippen LogP) is 2.71. The van der Waals surface area contributed by atoms with Gasteiger partial charge < -0.3 is 0 Å². The van der Waals surface area contributed by atoms with Gasteiger partial charge in [0.25, 0.3) is 0 Å². The second-order valence-electron chi connectivity index (χ2n) is 2.19. The second kappa shape index (κ2) is 3.13. The molecule has 0 unspecified atom stereocenters. The van der Waals surface area contributed by atoms with E-state index in [2.05, 4.69) is 15.9 Å². The molecule has 0 atom stereocenters. The van der Waals surface area contributed by atoms with Crippen molar-refractivity contribution in [1.82, 2.24) is 0 Å². The molecule has 1 aromatic rings. The summed E-state index contributed by atoms with van der Waals surface area (Å²) in [6.07, 6.45) is 0.644. The summed E-state index contributed by atoms with van der Waals surface area (Å²) in [7, 11) is 0. The monoisotopic (exact) mass is 216 g/mol. The van der Waals surface area contributed by atoms with Gasteiger partial charge in [0, 0.05) is 5.56 Å². The molecule has 1 rings (SSSR count). The third-order valence-corrected chi connectivity index (χ3v) is 2.12. The Kier molecular flexibility index (Phi) is 2.39. The molecule has 0 amide bonds. The van der Waals surface area contributed by atoms with E-state index in [4.69, 9.17) is 0 Å². The van der Waals surface area contributed by atoms with E-state index >= 15 is 0 Å². The van der Waals surface area contributed by atoms with Crippen molar-refractivity contribution < 1.29 is 9.18 Å². The number of aldehydes is 1. The Balaban J connectivity index is 3.36. The van der Waals surface area contributed by atoms with Crippen LogP contribution in [0.15, 0.2) is 16.6 Å². The molecule has 0 aliphatic rings. The van der Waals surface area contributed by atoms with Crippen molar-refractivity contribution in [3.63, 3.8) is 0 Å². The van der Waals surface area contributed by atoms with Crippen LogP contribution in [0.1, 0.15) is 15.9 Å². The van der Waals surface area contributed by atoms with Crippen LogP contribution >= 0.6 is 15.9 Å². The Bertz CT molecular complexity index is 296. The maximum absolute atomic E-state index is 13.0. The number of benzene rings is 1. The largest absolute Gasteiger partial charge is 0.298 e. The highest BCUT2D eigenvalue weighted by Crippen LogP contribution is 2.20. The van der Waals surface area contributed by atoms with E-state index in [0.717, 1.165) is 0 Å². The number of rotatable bonds is 1. The van der Waals surface area contributed by atoms with Crippen LogP contribution in [0.3, 0.4) is 0 Å². The molecule has 0 aromatic heterocycles. The van der Waals surface area contributed by atoms with Gasteiger partial charge in [-0.3, -0.25) is 4.79 Å². The van der Waals surface area contributed by atoms with Gasteiger partial charge in [0.2, 0.25) is 0 Å². The lowest BCUT2D eigenvalue weighted by Crippen LogP contribution is -1.91. The van der Waals surface area contributed by atoms with E-state index in [0.29, 0.717) is 21.9 Å². The summed E-state index contributed by atoms with van der Waals surface area (Å²) in [4.78, 5) is 10.3. The lowest BCUT2D eigenvalue weighted by molar-refractivity contribution is 0.112. The first-order valence-electron chi connectivity index (χ1n) is 3.06. The summed E-state index contributed by atoms with van der Waals surface area (Å²) in [5.74, 6) is -0.366. The number of carbonyl (C=O) groups excluding carboxylic acids is 1. The lowest BCUT2D eigenvalue weighted by atomic mass is 10.1. The summed E-state index contributed by atoms with van der Waals surface area (Å²) in [6, 6.07) is 3.10. The van der Waals surface area contributed by atoms with Gasteiger partial charge in [-0.1, -0.05) is 6.07 Å². The zero-order valence-corrected chi connectivity index (χ0v) is 7.48. The molecule has 0 spiro atoms. The smallest absolute Gasteiger partial charge is 0.150 e. The summed E-state index contributed by atoms with van der Waals surface area (Å²) in [6.45, 7) is 1.57. The Hall–Kier alpha value is -0.700. The molecule has 0 bridgehead atoms. The maximum atomic E-state index is 13.0. The molecule has 11 heavy (non-hydrogen) atoms. The highest BCUT2D eigenvalue weighted by molar-refractivity contribution is 9.10. The average molecular weight is 217 g/mol. The fourth-order valence-electron chi connectivity index (χ4n) is 0.795. The Labute approximate surface area is 72.4 Å². The van der Waals surface area contributed by atoms with Crippen molar-refractivity contribution in [2.45, 2.75) is 6.92 Å².